The Morgan fingerprint density at radius 1 is 0.613 bits per heavy atom. The molecule has 5 heterocycles. The zero-order valence-corrected chi connectivity index (χ0v) is 19.8. The number of rotatable bonds is 3. The van der Waals surface area contributed by atoms with Crippen LogP contribution in [0.15, 0.2) is 98.6 Å². The molecule has 0 unspecified atom stereocenters. The molecule has 0 bridgehead atoms. The van der Waals surface area contributed by atoms with E-state index in [1.807, 2.05) is 90.7 Å². The van der Waals surface area contributed by atoms with Crippen LogP contribution in [-0.2, 0) is 39.2 Å². The molecule has 5 rings (SSSR count). The Morgan fingerprint density at radius 2 is 1.06 bits per heavy atom. The SMILES string of the molecule is Cn1cccc1.Cn1ccnc1.[C-]#[O+].[Re].c1cnn([B-](n2cccn2)n2cccn2)c1. The molecule has 0 atom stereocenters. The van der Waals surface area contributed by atoms with Crippen molar-refractivity contribution in [2.75, 3.05) is 0 Å². The van der Waals surface area contributed by atoms with E-state index in [0.717, 1.165) is 0 Å². The van der Waals surface area contributed by atoms with Gasteiger partial charge >= 0.3 is 11.3 Å². The third kappa shape index (κ3) is 8.46. The number of nitrogens with zero attached hydrogens (tertiary/aromatic N) is 9. The van der Waals surface area contributed by atoms with E-state index >= 15 is 0 Å². The van der Waals surface area contributed by atoms with Gasteiger partial charge in [0.15, 0.2) is 0 Å². The minimum absolute atomic E-state index is 0. The first-order valence-electron chi connectivity index (χ1n) is 8.90. The molecule has 0 aliphatic rings. The molecular weight excluding hydrogens is 567 g/mol. The van der Waals surface area contributed by atoms with Crippen molar-refractivity contribution >= 4 is 7.12 Å². The molecule has 2 radical (unpaired) electrons. The Labute approximate surface area is 194 Å². The van der Waals surface area contributed by atoms with E-state index in [0.29, 0.717) is 0 Å². The predicted octanol–water partition coefficient (Wildman–Crippen LogP) is 1.61. The fourth-order valence-electron chi connectivity index (χ4n) is 2.36. The van der Waals surface area contributed by atoms with E-state index in [-0.39, 0.29) is 27.5 Å². The maximum Gasteiger partial charge on any atom is 0.260 e. The predicted molar refractivity (Wildman–Crippen MR) is 111 cm³/mol. The van der Waals surface area contributed by atoms with Crippen molar-refractivity contribution in [3.63, 3.8) is 0 Å². The normalized spacial score (nSPS) is 9.19. The smallest absolute Gasteiger partial charge is 0.260 e. The van der Waals surface area contributed by atoms with Crippen LogP contribution >= 0.6 is 0 Å². The molecule has 0 saturated heterocycles. The molecule has 160 valence electrons. The summed E-state index contributed by atoms with van der Waals surface area (Å²) < 4.78 is 16.8. The first-order valence-corrected chi connectivity index (χ1v) is 8.90. The summed E-state index contributed by atoms with van der Waals surface area (Å²) in [7, 11) is 3.74. The average molecular weight is 589 g/mol. The van der Waals surface area contributed by atoms with Crippen LogP contribution in [0.2, 0.25) is 0 Å². The van der Waals surface area contributed by atoms with Gasteiger partial charge in [0.2, 0.25) is 0 Å². The van der Waals surface area contributed by atoms with E-state index < -0.39 is 0 Å². The Morgan fingerprint density at radius 3 is 1.26 bits per heavy atom. The second kappa shape index (κ2) is 14.6. The third-order valence-corrected chi connectivity index (χ3v) is 3.67. The van der Waals surface area contributed by atoms with Gasteiger partial charge < -0.3 is 22.9 Å². The minimum Gasteiger partial charge on any atom is -0.425 e. The molecule has 0 fully saturated rings. The van der Waals surface area contributed by atoms with Crippen molar-refractivity contribution in [2.24, 2.45) is 14.1 Å². The third-order valence-electron chi connectivity index (χ3n) is 3.67. The summed E-state index contributed by atoms with van der Waals surface area (Å²) in [5.41, 5.74) is 0. The van der Waals surface area contributed by atoms with Crippen molar-refractivity contribution in [2.45, 2.75) is 0 Å². The molecule has 0 aliphatic carbocycles. The molecule has 0 saturated carbocycles. The molecule has 5 aromatic heterocycles. The number of hydrogen-bond donors (Lipinski definition) is 0. The molecule has 31 heavy (non-hydrogen) atoms. The summed E-state index contributed by atoms with van der Waals surface area (Å²) in [6.07, 6.45) is 20.2. The zero-order chi connectivity index (χ0) is 21.6. The Bertz CT molecular complexity index is 912. The molecule has 0 amide bonds. The van der Waals surface area contributed by atoms with Gasteiger partial charge in [-0.3, -0.25) is 0 Å². The Kier molecular flexibility index (Phi) is 12.0. The van der Waals surface area contributed by atoms with Gasteiger partial charge in [0.25, 0.3) is 7.12 Å². The summed E-state index contributed by atoms with van der Waals surface area (Å²) in [6, 6.07) is 9.62. The van der Waals surface area contributed by atoms with Gasteiger partial charge in [-0.2, -0.15) is 0 Å². The largest absolute Gasteiger partial charge is 0.425 e. The summed E-state index contributed by atoms with van der Waals surface area (Å²) in [4.78, 5) is 3.78. The molecule has 10 nitrogen and oxygen atoms in total. The van der Waals surface area contributed by atoms with Gasteiger partial charge in [-0.25, -0.2) is 20.3 Å². The quantitative estimate of drug-likeness (QED) is 0.182. The van der Waals surface area contributed by atoms with Crippen LogP contribution in [0.1, 0.15) is 0 Å². The second-order valence-electron chi connectivity index (χ2n) is 5.88. The van der Waals surface area contributed by atoms with Crippen molar-refractivity contribution in [1.82, 2.24) is 43.2 Å². The van der Waals surface area contributed by atoms with Crippen LogP contribution in [0.4, 0.5) is 0 Å². The van der Waals surface area contributed by atoms with Gasteiger partial charge in [0.05, 0.1) is 6.33 Å². The van der Waals surface area contributed by atoms with Crippen molar-refractivity contribution in [1.29, 1.82) is 0 Å². The van der Waals surface area contributed by atoms with Crippen LogP contribution < -0.4 is 0 Å². The Hall–Kier alpha value is -3.41. The summed E-state index contributed by atoms with van der Waals surface area (Å²) >= 11 is 0. The Balaban J connectivity index is 0.000000266. The zero-order valence-electron chi connectivity index (χ0n) is 17.1. The van der Waals surface area contributed by atoms with E-state index in [1.54, 1.807) is 44.9 Å². The summed E-state index contributed by atoms with van der Waals surface area (Å²) in [5, 5.41) is 12.7. The van der Waals surface area contributed by atoms with Gasteiger partial charge in [-0.05, 0) is 48.9 Å². The number of imidazole rings is 1. The van der Waals surface area contributed by atoms with Crippen LogP contribution in [0, 0.1) is 6.65 Å². The second-order valence-corrected chi connectivity index (χ2v) is 5.88. The number of aromatic nitrogens is 9. The maximum absolute atomic E-state index is 7.50. The van der Waals surface area contributed by atoms with Gasteiger partial charge in [0, 0.05) is 77.9 Å². The number of aryl methyl sites for hydroxylation is 2. The maximum atomic E-state index is 7.50. The summed E-state index contributed by atoms with van der Waals surface area (Å²) in [5.74, 6) is 0. The molecule has 5 aromatic rings. The standard InChI is InChI=1S/C9H9BN6.C5H7N.C4H6N2.CO.Re/c1-4-11-14(7-1)10(15-8-2-5-12-15)16-9-3-6-13-16;1-6-4-2-3-5-6;1-6-3-2-5-4-6;1-2;/h1-9H;2-5H,1H3;2-4H,1H3;;/q-1;;;;. The number of hydrogen-bond acceptors (Lipinski definition) is 4. The molecular formula is C19H22BN9ORe-. The van der Waals surface area contributed by atoms with E-state index in [4.69, 9.17) is 4.65 Å². The topological polar surface area (TPSA) is 96.1 Å². The van der Waals surface area contributed by atoms with Gasteiger partial charge in [0.1, 0.15) is 0 Å². The van der Waals surface area contributed by atoms with Crippen LogP contribution in [-0.4, -0.2) is 50.3 Å². The first-order chi connectivity index (χ1) is 14.7. The van der Waals surface area contributed by atoms with Crippen molar-refractivity contribution in [3.8, 4) is 0 Å². The summed E-state index contributed by atoms with van der Waals surface area (Å²) in [6.45, 7) is 4.50. The van der Waals surface area contributed by atoms with Crippen molar-refractivity contribution in [3.05, 3.63) is 105 Å². The molecule has 0 aromatic carbocycles. The van der Waals surface area contributed by atoms with Crippen molar-refractivity contribution < 1.29 is 25.1 Å². The fraction of sp³-hybridized carbons (Fsp3) is 0.105. The monoisotopic (exact) mass is 590 g/mol. The first kappa shape index (κ1) is 25.6. The van der Waals surface area contributed by atoms with E-state index in [2.05, 4.69) is 26.9 Å². The van der Waals surface area contributed by atoms with Crippen LogP contribution in [0.5, 0.6) is 0 Å². The average Bonchev–Trinajstić information content (AvgIpc) is 3.56. The van der Waals surface area contributed by atoms with Crippen LogP contribution in [0.25, 0.3) is 0 Å². The van der Waals surface area contributed by atoms with Gasteiger partial charge in [-0.1, -0.05) is 0 Å². The van der Waals surface area contributed by atoms with Gasteiger partial charge in [-0.15, -0.1) is 0 Å². The fourth-order valence-corrected chi connectivity index (χ4v) is 2.36. The molecule has 12 heteroatoms. The minimum atomic E-state index is -0.194. The van der Waals surface area contributed by atoms with Crippen LogP contribution in [0.3, 0.4) is 0 Å². The van der Waals surface area contributed by atoms with E-state index in [1.165, 1.54) is 0 Å². The molecule has 0 spiro atoms. The van der Waals surface area contributed by atoms with E-state index in [9.17, 15) is 0 Å². The molecule has 0 aliphatic heterocycles. The molecule has 0 N–H and O–H groups in total.